The van der Waals surface area contributed by atoms with Crippen LogP contribution >= 0.6 is 0 Å². The number of benzene rings is 1. The Morgan fingerprint density at radius 2 is 2.14 bits per heavy atom. The Labute approximate surface area is 127 Å². The molecule has 6 heteroatoms. The Kier molecular flexibility index (Phi) is 5.40. The van der Waals surface area contributed by atoms with E-state index in [1.54, 1.807) is 19.3 Å². The fourth-order valence-corrected chi connectivity index (χ4v) is 1.91. The van der Waals surface area contributed by atoms with Gasteiger partial charge in [0.2, 0.25) is 0 Å². The molecular weight excluding hydrogens is 282 g/mol. The Morgan fingerprint density at radius 1 is 1.36 bits per heavy atom. The molecule has 0 radical (unpaired) electrons. The van der Waals surface area contributed by atoms with E-state index in [1.807, 2.05) is 30.3 Å². The van der Waals surface area contributed by atoms with Gasteiger partial charge in [-0.25, -0.2) is 4.79 Å². The van der Waals surface area contributed by atoms with Gasteiger partial charge in [0.1, 0.15) is 11.5 Å². The molecule has 6 nitrogen and oxygen atoms in total. The summed E-state index contributed by atoms with van der Waals surface area (Å²) in [7, 11) is 0. The molecule has 0 fully saturated rings. The standard InChI is InChI=1S/C16H15N3O3/c1-2-21-16(20)15(18-19-17)10-14-9-13(11-22-14)8-12-6-4-3-5-7-12/h3-7,9-11H,2,8H2,1H3. The van der Waals surface area contributed by atoms with Crippen LogP contribution in [-0.4, -0.2) is 12.6 Å². The zero-order chi connectivity index (χ0) is 15.8. The van der Waals surface area contributed by atoms with Crippen molar-refractivity contribution in [3.05, 3.63) is 75.7 Å². The number of hydrogen-bond donors (Lipinski definition) is 0. The maximum absolute atomic E-state index is 11.6. The van der Waals surface area contributed by atoms with Crippen molar-refractivity contribution in [3.8, 4) is 0 Å². The molecule has 0 saturated heterocycles. The van der Waals surface area contributed by atoms with Gasteiger partial charge >= 0.3 is 5.97 Å². The normalized spacial score (nSPS) is 10.9. The number of carbonyl (C=O) groups excluding carboxylic acids is 1. The monoisotopic (exact) mass is 297 g/mol. The summed E-state index contributed by atoms with van der Waals surface area (Å²) < 4.78 is 10.2. The first-order valence-electron chi connectivity index (χ1n) is 6.78. The number of hydrogen-bond acceptors (Lipinski definition) is 4. The summed E-state index contributed by atoms with van der Waals surface area (Å²) in [5.41, 5.74) is 10.5. The lowest BCUT2D eigenvalue weighted by Crippen LogP contribution is -2.05. The van der Waals surface area contributed by atoms with E-state index in [4.69, 9.17) is 14.7 Å². The number of ether oxygens (including phenoxy) is 1. The van der Waals surface area contributed by atoms with Gasteiger partial charge in [0.25, 0.3) is 0 Å². The molecule has 22 heavy (non-hydrogen) atoms. The molecule has 1 aromatic carbocycles. The third kappa shape index (κ3) is 4.26. The molecular formula is C16H15N3O3. The van der Waals surface area contributed by atoms with E-state index in [2.05, 4.69) is 10.0 Å². The molecule has 0 bridgehead atoms. The number of rotatable bonds is 6. The van der Waals surface area contributed by atoms with Crippen molar-refractivity contribution < 1.29 is 13.9 Å². The average Bonchev–Trinajstić information content (AvgIpc) is 2.95. The van der Waals surface area contributed by atoms with Crippen molar-refractivity contribution in [2.45, 2.75) is 13.3 Å². The third-order valence-corrected chi connectivity index (χ3v) is 2.84. The SMILES string of the molecule is CCOC(=O)C(=Cc1cc(Cc2ccccc2)co1)N=[N+]=[N-]. The fraction of sp³-hybridized carbons (Fsp3) is 0.188. The average molecular weight is 297 g/mol. The van der Waals surface area contributed by atoms with Gasteiger partial charge in [-0.3, -0.25) is 0 Å². The minimum Gasteiger partial charge on any atom is -0.465 e. The molecule has 0 N–H and O–H groups in total. The van der Waals surface area contributed by atoms with Crippen molar-refractivity contribution in [1.82, 2.24) is 0 Å². The molecule has 0 unspecified atom stereocenters. The summed E-state index contributed by atoms with van der Waals surface area (Å²) >= 11 is 0. The van der Waals surface area contributed by atoms with Gasteiger partial charge in [-0.15, -0.1) is 0 Å². The van der Waals surface area contributed by atoms with E-state index < -0.39 is 5.97 Å². The highest BCUT2D eigenvalue weighted by Gasteiger charge is 2.10. The van der Waals surface area contributed by atoms with E-state index in [0.29, 0.717) is 12.2 Å². The first kappa shape index (κ1) is 15.4. The van der Waals surface area contributed by atoms with Gasteiger partial charge in [0.15, 0.2) is 0 Å². The molecule has 2 aromatic rings. The van der Waals surface area contributed by atoms with E-state index in [0.717, 1.165) is 11.1 Å². The molecule has 2 rings (SSSR count). The van der Waals surface area contributed by atoms with Crippen molar-refractivity contribution in [1.29, 1.82) is 0 Å². The van der Waals surface area contributed by atoms with Crippen LogP contribution in [0.4, 0.5) is 0 Å². The van der Waals surface area contributed by atoms with Crippen LogP contribution in [0.1, 0.15) is 23.8 Å². The molecule has 112 valence electrons. The minimum absolute atomic E-state index is 0.134. The number of azide groups is 1. The summed E-state index contributed by atoms with van der Waals surface area (Å²) in [5, 5.41) is 3.34. The lowest BCUT2D eigenvalue weighted by atomic mass is 10.1. The summed E-state index contributed by atoms with van der Waals surface area (Å²) in [6.45, 7) is 1.88. The predicted octanol–water partition coefficient (Wildman–Crippen LogP) is 4.08. The van der Waals surface area contributed by atoms with Crippen LogP contribution in [0.15, 0.2) is 57.9 Å². The minimum atomic E-state index is -0.679. The quantitative estimate of drug-likeness (QED) is 0.264. The van der Waals surface area contributed by atoms with E-state index in [1.165, 1.54) is 6.08 Å². The molecule has 0 aliphatic rings. The molecule has 1 aromatic heterocycles. The van der Waals surface area contributed by atoms with Crippen molar-refractivity contribution in [2.75, 3.05) is 6.61 Å². The number of nitrogens with zero attached hydrogens (tertiary/aromatic N) is 3. The van der Waals surface area contributed by atoms with Gasteiger partial charge in [0, 0.05) is 11.3 Å². The van der Waals surface area contributed by atoms with E-state index in [-0.39, 0.29) is 12.3 Å². The van der Waals surface area contributed by atoms with Crippen LogP contribution < -0.4 is 0 Å². The maximum Gasteiger partial charge on any atom is 0.340 e. The number of esters is 1. The zero-order valence-corrected chi connectivity index (χ0v) is 12.1. The highest BCUT2D eigenvalue weighted by Crippen LogP contribution is 2.17. The predicted molar refractivity (Wildman–Crippen MR) is 81.7 cm³/mol. The van der Waals surface area contributed by atoms with Crippen molar-refractivity contribution in [3.63, 3.8) is 0 Å². The van der Waals surface area contributed by atoms with Crippen LogP contribution in [0, 0.1) is 0 Å². The highest BCUT2D eigenvalue weighted by atomic mass is 16.5. The summed E-state index contributed by atoms with van der Waals surface area (Å²) in [6.07, 6.45) is 3.69. The van der Waals surface area contributed by atoms with Crippen LogP contribution in [0.25, 0.3) is 16.5 Å². The first-order chi connectivity index (χ1) is 10.7. The van der Waals surface area contributed by atoms with E-state index >= 15 is 0 Å². The molecule has 0 spiro atoms. The van der Waals surface area contributed by atoms with Crippen LogP contribution in [0.5, 0.6) is 0 Å². The molecule has 0 aliphatic heterocycles. The first-order valence-corrected chi connectivity index (χ1v) is 6.78. The summed E-state index contributed by atoms with van der Waals surface area (Å²) in [4.78, 5) is 14.3. The Morgan fingerprint density at radius 3 is 2.82 bits per heavy atom. The van der Waals surface area contributed by atoms with Gasteiger partial charge < -0.3 is 9.15 Å². The maximum atomic E-state index is 11.6. The Hall–Kier alpha value is -2.98. The van der Waals surface area contributed by atoms with Crippen molar-refractivity contribution in [2.24, 2.45) is 5.11 Å². The van der Waals surface area contributed by atoms with Gasteiger partial charge in [-0.2, -0.15) is 0 Å². The largest absolute Gasteiger partial charge is 0.465 e. The molecule has 0 amide bonds. The molecule has 0 aliphatic carbocycles. The number of carbonyl (C=O) groups is 1. The van der Waals surface area contributed by atoms with Gasteiger partial charge in [-0.1, -0.05) is 35.4 Å². The van der Waals surface area contributed by atoms with Gasteiger partial charge in [0.05, 0.1) is 12.9 Å². The zero-order valence-electron chi connectivity index (χ0n) is 12.1. The smallest absolute Gasteiger partial charge is 0.340 e. The molecule has 0 atom stereocenters. The molecule has 0 saturated carbocycles. The lowest BCUT2D eigenvalue weighted by Gasteiger charge is -1.99. The van der Waals surface area contributed by atoms with Gasteiger partial charge in [-0.05, 0) is 35.7 Å². The lowest BCUT2D eigenvalue weighted by molar-refractivity contribution is -0.138. The van der Waals surface area contributed by atoms with Crippen LogP contribution in [0.3, 0.4) is 0 Å². The summed E-state index contributed by atoms with van der Waals surface area (Å²) in [5.74, 6) is -0.248. The van der Waals surface area contributed by atoms with Crippen LogP contribution in [0.2, 0.25) is 0 Å². The fourth-order valence-electron chi connectivity index (χ4n) is 1.91. The second-order valence-corrected chi connectivity index (χ2v) is 4.46. The molecule has 1 heterocycles. The van der Waals surface area contributed by atoms with Crippen LogP contribution in [-0.2, 0) is 16.0 Å². The highest BCUT2D eigenvalue weighted by molar-refractivity contribution is 5.92. The second kappa shape index (κ2) is 7.71. The third-order valence-electron chi connectivity index (χ3n) is 2.84. The number of furan rings is 1. The summed E-state index contributed by atoms with van der Waals surface area (Å²) in [6, 6.07) is 11.7. The van der Waals surface area contributed by atoms with Crippen molar-refractivity contribution >= 4 is 12.0 Å². The second-order valence-electron chi connectivity index (χ2n) is 4.46. The van der Waals surface area contributed by atoms with E-state index in [9.17, 15) is 4.79 Å². The Balaban J connectivity index is 2.17. The topological polar surface area (TPSA) is 88.2 Å². The Bertz CT molecular complexity index is 713.